The Kier molecular flexibility index (Phi) is 11.6. The lowest BCUT2D eigenvalue weighted by Gasteiger charge is -2.33. The highest BCUT2D eigenvalue weighted by atomic mass is 32.2. The lowest BCUT2D eigenvalue weighted by Crippen LogP contribution is -2.53. The van der Waals surface area contributed by atoms with Gasteiger partial charge in [-0.25, -0.2) is 8.42 Å². The van der Waals surface area contributed by atoms with Crippen molar-refractivity contribution < 1.29 is 27.7 Å². The van der Waals surface area contributed by atoms with E-state index in [1.54, 1.807) is 31.2 Å². The Hall–Kier alpha value is -4.45. The number of carbonyl (C=O) groups excluding carboxylic acids is 2. The average molecular weight is 611 g/mol. The number of amides is 2. The zero-order chi connectivity index (χ0) is 31.6. The van der Waals surface area contributed by atoms with Crippen molar-refractivity contribution in [3.8, 4) is 5.75 Å². The number of nitro groups is 1. The van der Waals surface area contributed by atoms with Gasteiger partial charge >= 0.3 is 0 Å². The number of aryl methyl sites for hydroxylation is 1. The minimum atomic E-state index is -4.07. The zero-order valence-corrected chi connectivity index (χ0v) is 25.7. The molecule has 0 heterocycles. The van der Waals surface area contributed by atoms with Crippen molar-refractivity contribution >= 4 is 33.2 Å². The third-order valence-corrected chi connectivity index (χ3v) is 8.07. The molecular weight excluding hydrogens is 572 g/mol. The van der Waals surface area contributed by atoms with E-state index in [4.69, 9.17) is 4.74 Å². The van der Waals surface area contributed by atoms with Crippen LogP contribution in [0, 0.1) is 17.0 Å². The van der Waals surface area contributed by atoms with Gasteiger partial charge in [-0.05, 0) is 42.2 Å². The van der Waals surface area contributed by atoms with Gasteiger partial charge in [-0.15, -0.1) is 0 Å². The van der Waals surface area contributed by atoms with Crippen LogP contribution >= 0.6 is 0 Å². The van der Waals surface area contributed by atoms with Crippen molar-refractivity contribution in [3.05, 3.63) is 99.6 Å². The summed E-state index contributed by atoms with van der Waals surface area (Å²) in [6.45, 7) is 3.35. The van der Waals surface area contributed by atoms with Gasteiger partial charge in [0.2, 0.25) is 21.8 Å². The molecule has 0 radical (unpaired) electrons. The van der Waals surface area contributed by atoms with Crippen molar-refractivity contribution in [1.82, 2.24) is 10.2 Å². The quantitative estimate of drug-likeness (QED) is 0.154. The molecule has 1 N–H and O–H groups in total. The predicted molar refractivity (Wildman–Crippen MR) is 165 cm³/mol. The maximum Gasteiger partial charge on any atom is 0.271 e. The molecule has 1 atom stereocenters. The molecule has 0 unspecified atom stereocenters. The second kappa shape index (κ2) is 15.1. The highest BCUT2D eigenvalue weighted by Gasteiger charge is 2.33. The molecule has 3 aromatic rings. The Morgan fingerprint density at radius 1 is 1.02 bits per heavy atom. The number of rotatable bonds is 15. The number of nitrogens with zero attached hydrogens (tertiary/aromatic N) is 3. The van der Waals surface area contributed by atoms with E-state index >= 15 is 0 Å². The molecule has 3 aromatic carbocycles. The van der Waals surface area contributed by atoms with Gasteiger partial charge in [0.05, 0.1) is 24.0 Å². The summed E-state index contributed by atoms with van der Waals surface area (Å²) in [7, 11) is -2.55. The smallest absolute Gasteiger partial charge is 0.271 e. The van der Waals surface area contributed by atoms with Gasteiger partial charge in [0.25, 0.3) is 5.69 Å². The molecule has 43 heavy (non-hydrogen) atoms. The first kappa shape index (κ1) is 33.1. The van der Waals surface area contributed by atoms with Crippen molar-refractivity contribution in [1.29, 1.82) is 0 Å². The van der Waals surface area contributed by atoms with Gasteiger partial charge in [-0.1, -0.05) is 61.9 Å². The lowest BCUT2D eigenvalue weighted by molar-refractivity contribution is -0.384. The zero-order valence-electron chi connectivity index (χ0n) is 24.9. The molecule has 230 valence electrons. The van der Waals surface area contributed by atoms with Crippen LogP contribution in [0.1, 0.15) is 36.5 Å². The number of benzene rings is 3. The van der Waals surface area contributed by atoms with Gasteiger partial charge in [0, 0.05) is 31.6 Å². The van der Waals surface area contributed by atoms with Crippen LogP contribution in [-0.4, -0.2) is 62.6 Å². The van der Waals surface area contributed by atoms with Crippen LogP contribution < -0.4 is 14.4 Å². The van der Waals surface area contributed by atoms with E-state index in [1.165, 1.54) is 24.1 Å². The number of sulfonamides is 1. The third-order valence-electron chi connectivity index (χ3n) is 6.94. The Labute approximate surface area is 252 Å². The van der Waals surface area contributed by atoms with E-state index in [0.29, 0.717) is 23.4 Å². The highest BCUT2D eigenvalue weighted by molar-refractivity contribution is 7.92. The number of carbonyl (C=O) groups is 2. The van der Waals surface area contributed by atoms with Crippen LogP contribution in [0.3, 0.4) is 0 Å². The number of nitro benzene ring substituents is 1. The maximum atomic E-state index is 14.2. The monoisotopic (exact) mass is 610 g/mol. The molecule has 0 saturated carbocycles. The van der Waals surface area contributed by atoms with Crippen molar-refractivity contribution in [3.63, 3.8) is 0 Å². The summed E-state index contributed by atoms with van der Waals surface area (Å²) in [6.07, 6.45) is 2.73. The Morgan fingerprint density at radius 3 is 2.35 bits per heavy atom. The summed E-state index contributed by atoms with van der Waals surface area (Å²) >= 11 is 0. The van der Waals surface area contributed by atoms with Crippen LogP contribution in [-0.2, 0) is 32.6 Å². The first-order valence-electron chi connectivity index (χ1n) is 13.9. The molecule has 3 rings (SSSR count). The number of non-ortho nitro benzene ring substituents is 1. The number of hydrogen-bond donors (Lipinski definition) is 1. The van der Waals surface area contributed by atoms with Crippen LogP contribution in [0.25, 0.3) is 0 Å². The molecule has 0 bridgehead atoms. The van der Waals surface area contributed by atoms with E-state index in [9.17, 15) is 28.1 Å². The molecule has 0 aliphatic carbocycles. The molecule has 0 aliphatic heterocycles. The molecule has 2 amide bonds. The summed E-state index contributed by atoms with van der Waals surface area (Å²) in [4.78, 5) is 40.1. The molecule has 0 spiro atoms. The first-order valence-corrected chi connectivity index (χ1v) is 15.8. The Balaban J connectivity index is 2.10. The maximum absolute atomic E-state index is 14.2. The number of anilines is 1. The van der Waals surface area contributed by atoms with Crippen LogP contribution in [0.5, 0.6) is 5.75 Å². The van der Waals surface area contributed by atoms with E-state index in [1.807, 2.05) is 37.3 Å². The fraction of sp³-hybridized carbons (Fsp3) is 0.355. The van der Waals surface area contributed by atoms with Gasteiger partial charge in [0.15, 0.2) is 0 Å². The van der Waals surface area contributed by atoms with E-state index in [-0.39, 0.29) is 30.2 Å². The molecule has 0 saturated heterocycles. The lowest BCUT2D eigenvalue weighted by atomic mass is 10.0. The molecule has 0 aromatic heterocycles. The largest absolute Gasteiger partial charge is 0.497 e. The van der Waals surface area contributed by atoms with Crippen molar-refractivity contribution in [2.24, 2.45) is 0 Å². The first-order chi connectivity index (χ1) is 20.4. The second-order valence-corrected chi connectivity index (χ2v) is 12.1. The number of ether oxygens (including phenoxy) is 1. The van der Waals surface area contributed by atoms with E-state index < -0.39 is 33.4 Å². The number of nitrogens with one attached hydrogen (secondary N) is 1. The summed E-state index contributed by atoms with van der Waals surface area (Å²) in [5.41, 5.74) is 1.62. The normalized spacial score (nSPS) is 11.8. The fourth-order valence-corrected chi connectivity index (χ4v) is 5.50. The van der Waals surface area contributed by atoms with Gasteiger partial charge in [0.1, 0.15) is 18.3 Å². The SMILES string of the molecule is CCCCNC(=O)[C@H](Cc1ccccc1)N(Cc1cccc(OC)c1)C(=O)CN(c1cc([N+](=O)[O-])ccc1C)S(C)(=O)=O. The number of methoxy groups -OCH3 is 1. The minimum absolute atomic E-state index is 0.0124. The molecule has 0 aliphatic rings. The standard InChI is InChI=1S/C31H38N4O7S/c1-5-6-17-32-31(37)29(19-24-11-8-7-9-12-24)33(21-25-13-10-14-27(18-25)42-3)30(36)22-34(43(4,40)41)28-20-26(35(38)39)16-15-23(28)2/h7-16,18,20,29H,5-6,17,19,21-22H2,1-4H3,(H,32,37)/t29-/m0/s1. The summed E-state index contributed by atoms with van der Waals surface area (Å²) < 4.78 is 32.3. The fourth-order valence-electron chi connectivity index (χ4n) is 4.60. The van der Waals surface area contributed by atoms with Crippen LogP contribution in [0.4, 0.5) is 11.4 Å². The number of unbranched alkanes of at least 4 members (excludes halogenated alkanes) is 1. The Morgan fingerprint density at radius 2 is 1.72 bits per heavy atom. The van der Waals surface area contributed by atoms with Crippen molar-refractivity contribution in [2.45, 2.75) is 45.7 Å². The summed E-state index contributed by atoms with van der Waals surface area (Å²) in [5, 5.41) is 14.4. The van der Waals surface area contributed by atoms with Crippen LogP contribution in [0.15, 0.2) is 72.8 Å². The van der Waals surface area contributed by atoms with Gasteiger partial charge < -0.3 is 15.0 Å². The third kappa shape index (κ3) is 9.27. The number of hydrogen-bond acceptors (Lipinski definition) is 7. The Bertz CT molecular complexity index is 1530. The van der Waals surface area contributed by atoms with Crippen molar-refractivity contribution in [2.75, 3.05) is 30.8 Å². The average Bonchev–Trinajstić information content (AvgIpc) is 2.98. The van der Waals surface area contributed by atoms with Gasteiger partial charge in [-0.3, -0.25) is 24.0 Å². The van der Waals surface area contributed by atoms with Gasteiger partial charge in [-0.2, -0.15) is 0 Å². The summed E-state index contributed by atoms with van der Waals surface area (Å²) in [5.74, 6) is -0.460. The minimum Gasteiger partial charge on any atom is -0.497 e. The highest BCUT2D eigenvalue weighted by Crippen LogP contribution is 2.28. The topological polar surface area (TPSA) is 139 Å². The molecular formula is C31H38N4O7S. The van der Waals surface area contributed by atoms with E-state index in [0.717, 1.165) is 35.0 Å². The van der Waals surface area contributed by atoms with E-state index in [2.05, 4.69) is 5.32 Å². The second-order valence-electron chi connectivity index (χ2n) is 10.2. The predicted octanol–water partition coefficient (Wildman–Crippen LogP) is 4.23. The van der Waals surface area contributed by atoms with Crippen LogP contribution in [0.2, 0.25) is 0 Å². The molecule has 12 heteroatoms. The summed E-state index contributed by atoms with van der Waals surface area (Å²) in [6, 6.07) is 19.2. The molecule has 11 nitrogen and oxygen atoms in total. The molecule has 0 fully saturated rings.